The Morgan fingerprint density at radius 1 is 1.22 bits per heavy atom. The van der Waals surface area contributed by atoms with Gasteiger partial charge in [-0.25, -0.2) is 4.68 Å². The van der Waals surface area contributed by atoms with Crippen LogP contribution in [-0.2, 0) is 4.79 Å². The van der Waals surface area contributed by atoms with Gasteiger partial charge >= 0.3 is 0 Å². The molecule has 8 heteroatoms. The number of nitrogens with one attached hydrogen (secondary N) is 2. The molecule has 0 spiro atoms. The van der Waals surface area contributed by atoms with Crippen LogP contribution < -0.4 is 10.6 Å². The third-order valence-corrected chi connectivity index (χ3v) is 5.40. The topological polar surface area (TPSA) is 76.0 Å². The van der Waals surface area contributed by atoms with Gasteiger partial charge in [0.25, 0.3) is 5.91 Å². The van der Waals surface area contributed by atoms with Crippen LogP contribution in [0.15, 0.2) is 30.3 Å². The molecule has 0 atom stereocenters. The number of carbonyl (C=O) groups excluding carboxylic acids is 2. The largest absolute Gasteiger partial charge is 0.354 e. The molecule has 0 aliphatic heterocycles. The average Bonchev–Trinajstić information content (AvgIpc) is 3.19. The van der Waals surface area contributed by atoms with Crippen LogP contribution in [0.3, 0.4) is 0 Å². The van der Waals surface area contributed by atoms with E-state index in [2.05, 4.69) is 15.7 Å². The van der Waals surface area contributed by atoms with Gasteiger partial charge in [-0.15, -0.1) is 11.3 Å². The minimum Gasteiger partial charge on any atom is -0.354 e. The number of carbonyl (C=O) groups is 2. The first-order valence-corrected chi connectivity index (χ1v) is 9.87. The van der Waals surface area contributed by atoms with Crippen molar-refractivity contribution in [3.05, 3.63) is 45.9 Å². The lowest BCUT2D eigenvalue weighted by Gasteiger charge is -2.08. The first-order valence-electron chi connectivity index (χ1n) is 8.68. The van der Waals surface area contributed by atoms with E-state index in [1.165, 1.54) is 11.3 Å². The fourth-order valence-corrected chi connectivity index (χ4v) is 3.88. The maximum Gasteiger partial charge on any atom is 0.261 e. The monoisotopic (exact) mass is 404 g/mol. The maximum atomic E-state index is 12.4. The molecule has 0 unspecified atom stereocenters. The summed E-state index contributed by atoms with van der Waals surface area (Å²) in [6.45, 7) is 6.36. The van der Waals surface area contributed by atoms with E-state index in [-0.39, 0.29) is 17.7 Å². The first kappa shape index (κ1) is 19.4. The van der Waals surface area contributed by atoms with Crippen molar-refractivity contribution in [3.63, 3.8) is 0 Å². The van der Waals surface area contributed by atoms with Crippen LogP contribution in [0.1, 0.15) is 29.2 Å². The van der Waals surface area contributed by atoms with Crippen molar-refractivity contribution in [3.8, 4) is 5.69 Å². The Bertz CT molecular complexity index is 993. The fraction of sp³-hybridized carbons (Fsp3) is 0.316. The Kier molecular flexibility index (Phi) is 5.82. The summed E-state index contributed by atoms with van der Waals surface area (Å²) in [6, 6.07) is 9.29. The van der Waals surface area contributed by atoms with E-state index < -0.39 is 0 Å². The summed E-state index contributed by atoms with van der Waals surface area (Å²) < 4.78 is 1.81. The number of amides is 2. The molecule has 2 amide bonds. The molecule has 0 aliphatic carbocycles. The second-order valence-electron chi connectivity index (χ2n) is 6.51. The van der Waals surface area contributed by atoms with E-state index in [0.29, 0.717) is 23.0 Å². The Morgan fingerprint density at radius 3 is 2.67 bits per heavy atom. The normalized spacial score (nSPS) is 11.1. The number of benzene rings is 1. The number of hydrogen-bond donors (Lipinski definition) is 2. The molecular weight excluding hydrogens is 384 g/mol. The number of nitrogens with zero attached hydrogens (tertiary/aromatic N) is 2. The van der Waals surface area contributed by atoms with E-state index in [4.69, 9.17) is 11.6 Å². The van der Waals surface area contributed by atoms with Crippen LogP contribution in [0.2, 0.25) is 5.02 Å². The molecule has 27 heavy (non-hydrogen) atoms. The highest BCUT2D eigenvalue weighted by atomic mass is 35.5. The summed E-state index contributed by atoms with van der Waals surface area (Å²) in [5.74, 6) is -0.254. The predicted octanol–water partition coefficient (Wildman–Crippen LogP) is 3.55. The van der Waals surface area contributed by atoms with Crippen molar-refractivity contribution in [2.45, 2.75) is 20.8 Å². The van der Waals surface area contributed by atoms with Gasteiger partial charge in [0.2, 0.25) is 5.91 Å². The van der Waals surface area contributed by atoms with Crippen LogP contribution in [0.25, 0.3) is 15.9 Å². The lowest BCUT2D eigenvalue weighted by Crippen LogP contribution is -2.36. The van der Waals surface area contributed by atoms with Gasteiger partial charge in [-0.3, -0.25) is 9.59 Å². The zero-order valence-electron chi connectivity index (χ0n) is 15.4. The fourth-order valence-electron chi connectivity index (χ4n) is 2.59. The minimum absolute atomic E-state index is 0.0247. The molecule has 0 radical (unpaired) electrons. The van der Waals surface area contributed by atoms with Crippen molar-refractivity contribution in [2.24, 2.45) is 5.92 Å². The molecule has 0 aliphatic rings. The summed E-state index contributed by atoms with van der Waals surface area (Å²) >= 11 is 7.47. The summed E-state index contributed by atoms with van der Waals surface area (Å²) in [6.07, 6.45) is 0. The standard InChI is InChI=1S/C19H21ClN4O2S/c1-11(2)17(25)21-7-8-22-18(26)16-10-15-12(3)23-24(19(15)27-16)14-6-4-5-13(20)9-14/h4-6,9-11H,7-8H2,1-3H3,(H,21,25)(H,22,26). The Labute approximate surface area is 166 Å². The summed E-state index contributed by atoms with van der Waals surface area (Å²) in [7, 11) is 0. The Morgan fingerprint density at radius 2 is 1.96 bits per heavy atom. The number of hydrogen-bond acceptors (Lipinski definition) is 4. The number of thiophene rings is 1. The van der Waals surface area contributed by atoms with Crippen LogP contribution in [-0.4, -0.2) is 34.7 Å². The molecule has 0 saturated carbocycles. The molecule has 0 bridgehead atoms. The number of rotatable bonds is 6. The van der Waals surface area contributed by atoms with Crippen LogP contribution in [0, 0.1) is 12.8 Å². The molecule has 1 aromatic carbocycles. The molecule has 2 heterocycles. The zero-order chi connectivity index (χ0) is 19.6. The molecule has 3 aromatic rings. The third kappa shape index (κ3) is 4.31. The predicted molar refractivity (Wildman–Crippen MR) is 109 cm³/mol. The molecule has 0 saturated heterocycles. The van der Waals surface area contributed by atoms with Gasteiger partial charge in [-0.05, 0) is 31.2 Å². The molecular formula is C19H21ClN4O2S. The van der Waals surface area contributed by atoms with Gasteiger partial charge in [-0.2, -0.15) is 5.10 Å². The van der Waals surface area contributed by atoms with Crippen molar-refractivity contribution >= 4 is 45.0 Å². The SMILES string of the molecule is Cc1nn(-c2cccc(Cl)c2)c2sc(C(=O)NCCNC(=O)C(C)C)cc12. The van der Waals surface area contributed by atoms with Gasteiger partial charge in [0.1, 0.15) is 4.83 Å². The number of aromatic nitrogens is 2. The zero-order valence-corrected chi connectivity index (χ0v) is 16.9. The van der Waals surface area contributed by atoms with Gasteiger partial charge < -0.3 is 10.6 Å². The highest BCUT2D eigenvalue weighted by molar-refractivity contribution is 7.20. The van der Waals surface area contributed by atoms with Crippen molar-refractivity contribution in [1.29, 1.82) is 0 Å². The van der Waals surface area contributed by atoms with Gasteiger partial charge in [0.15, 0.2) is 0 Å². The molecule has 2 aromatic heterocycles. The average molecular weight is 405 g/mol. The maximum absolute atomic E-state index is 12.4. The molecule has 6 nitrogen and oxygen atoms in total. The molecule has 0 fully saturated rings. The third-order valence-electron chi connectivity index (χ3n) is 4.06. The quantitative estimate of drug-likeness (QED) is 0.617. The first-order chi connectivity index (χ1) is 12.9. The molecule has 142 valence electrons. The highest BCUT2D eigenvalue weighted by Crippen LogP contribution is 2.30. The van der Waals surface area contributed by atoms with E-state index in [1.807, 2.05) is 51.1 Å². The Balaban J connectivity index is 1.74. The van der Waals surface area contributed by atoms with Crippen molar-refractivity contribution in [1.82, 2.24) is 20.4 Å². The smallest absolute Gasteiger partial charge is 0.261 e. The lowest BCUT2D eigenvalue weighted by atomic mass is 10.2. The van der Waals surface area contributed by atoms with E-state index in [1.54, 1.807) is 4.68 Å². The van der Waals surface area contributed by atoms with Crippen LogP contribution >= 0.6 is 22.9 Å². The summed E-state index contributed by atoms with van der Waals surface area (Å²) in [5, 5.41) is 11.8. The van der Waals surface area contributed by atoms with E-state index in [9.17, 15) is 9.59 Å². The van der Waals surface area contributed by atoms with Gasteiger partial charge in [-0.1, -0.05) is 31.5 Å². The number of fused-ring (bicyclic) bond motifs is 1. The van der Waals surface area contributed by atoms with Gasteiger partial charge in [0, 0.05) is 29.4 Å². The lowest BCUT2D eigenvalue weighted by molar-refractivity contribution is -0.123. The second kappa shape index (κ2) is 8.10. The van der Waals surface area contributed by atoms with Crippen molar-refractivity contribution < 1.29 is 9.59 Å². The highest BCUT2D eigenvalue weighted by Gasteiger charge is 2.17. The minimum atomic E-state index is -0.160. The molecule has 3 rings (SSSR count). The van der Waals surface area contributed by atoms with E-state index >= 15 is 0 Å². The number of halogens is 1. The summed E-state index contributed by atoms with van der Waals surface area (Å²) in [5.41, 5.74) is 1.70. The summed E-state index contributed by atoms with van der Waals surface area (Å²) in [4.78, 5) is 25.5. The van der Waals surface area contributed by atoms with Crippen LogP contribution in [0.5, 0.6) is 0 Å². The van der Waals surface area contributed by atoms with Crippen LogP contribution in [0.4, 0.5) is 0 Å². The molecule has 2 N–H and O–H groups in total. The van der Waals surface area contributed by atoms with Crippen molar-refractivity contribution in [2.75, 3.05) is 13.1 Å². The van der Waals surface area contributed by atoms with E-state index in [0.717, 1.165) is 21.6 Å². The number of aryl methyl sites for hydroxylation is 1. The van der Waals surface area contributed by atoms with Gasteiger partial charge in [0.05, 0.1) is 16.3 Å². The Hall–Kier alpha value is -2.38. The second-order valence-corrected chi connectivity index (χ2v) is 7.98.